The Morgan fingerprint density at radius 2 is 2.00 bits per heavy atom. The van der Waals surface area contributed by atoms with Gasteiger partial charge >= 0.3 is 0 Å². The number of carbonyl (C=O) groups excluding carboxylic acids is 1. The molecule has 1 aromatic heterocycles. The molecule has 2 aliphatic rings. The summed E-state index contributed by atoms with van der Waals surface area (Å²) in [5.41, 5.74) is 11.7. The van der Waals surface area contributed by atoms with Crippen molar-refractivity contribution < 1.29 is 4.79 Å². The lowest BCUT2D eigenvalue weighted by molar-refractivity contribution is -0.122. The topological polar surface area (TPSA) is 95.6 Å². The number of nitrogens with two attached hydrogens (primary N) is 1. The van der Waals surface area contributed by atoms with E-state index in [1.165, 1.54) is 5.69 Å². The van der Waals surface area contributed by atoms with Gasteiger partial charge in [-0.3, -0.25) is 9.78 Å². The number of pyridine rings is 1. The Morgan fingerprint density at radius 1 is 1.19 bits per heavy atom. The van der Waals surface area contributed by atoms with Crippen molar-refractivity contribution in [3.05, 3.63) is 72.1 Å². The van der Waals surface area contributed by atoms with Crippen LogP contribution in [0.25, 0.3) is 10.8 Å². The summed E-state index contributed by atoms with van der Waals surface area (Å²) in [6.07, 6.45) is 5.86. The molecule has 1 aliphatic heterocycles. The van der Waals surface area contributed by atoms with Gasteiger partial charge in [-0.05, 0) is 35.6 Å². The van der Waals surface area contributed by atoms with Crippen molar-refractivity contribution in [3.63, 3.8) is 0 Å². The third-order valence-corrected chi connectivity index (χ3v) is 6.30. The summed E-state index contributed by atoms with van der Waals surface area (Å²) in [4.78, 5) is 19.1. The predicted molar refractivity (Wildman–Crippen MR) is 123 cm³/mol. The van der Waals surface area contributed by atoms with E-state index in [1.807, 2.05) is 30.5 Å². The number of nitrogens with one attached hydrogen (secondary N) is 2. The molecule has 7 nitrogen and oxygen atoms in total. The van der Waals surface area contributed by atoms with Gasteiger partial charge < -0.3 is 16.0 Å². The average molecular weight is 415 g/mol. The largest absolute Gasteiger partial charge is 0.369 e. The second kappa shape index (κ2) is 8.09. The number of anilines is 1. The maximum atomic E-state index is 12.6. The molecule has 3 aromatic rings. The Labute approximate surface area is 181 Å². The molecule has 0 bridgehead atoms. The monoisotopic (exact) mass is 414 g/mol. The van der Waals surface area contributed by atoms with E-state index in [0.717, 1.165) is 48.1 Å². The molecule has 2 fully saturated rings. The Bertz CT molecular complexity index is 1120. The van der Waals surface area contributed by atoms with Gasteiger partial charge in [-0.15, -0.1) is 0 Å². The summed E-state index contributed by atoms with van der Waals surface area (Å²) in [6.45, 7) is 4.01. The molecule has 2 unspecified atom stereocenters. The third-order valence-electron chi connectivity index (χ3n) is 6.30. The molecule has 1 saturated carbocycles. The van der Waals surface area contributed by atoms with Crippen LogP contribution in [0.2, 0.25) is 0 Å². The first-order chi connectivity index (χ1) is 15.1. The molecular formula is C24H26N6O. The summed E-state index contributed by atoms with van der Waals surface area (Å²) in [5.74, 6) is -0.418. The van der Waals surface area contributed by atoms with E-state index in [1.54, 1.807) is 12.4 Å². The molecule has 31 heavy (non-hydrogen) atoms. The number of hydrazone groups is 1. The molecule has 5 rings (SSSR count). The number of fused-ring (bicyclic) bond motifs is 1. The number of piperazine rings is 1. The van der Waals surface area contributed by atoms with Gasteiger partial charge in [-0.2, -0.15) is 5.10 Å². The third kappa shape index (κ3) is 3.89. The first-order valence-electron chi connectivity index (χ1n) is 10.7. The first-order valence-corrected chi connectivity index (χ1v) is 10.7. The van der Waals surface area contributed by atoms with Crippen molar-refractivity contribution in [2.24, 2.45) is 16.8 Å². The number of hydrogen-bond donors (Lipinski definition) is 3. The van der Waals surface area contributed by atoms with Crippen molar-refractivity contribution >= 4 is 28.6 Å². The van der Waals surface area contributed by atoms with E-state index in [-0.39, 0.29) is 11.8 Å². The van der Waals surface area contributed by atoms with Gasteiger partial charge in [0.15, 0.2) is 0 Å². The van der Waals surface area contributed by atoms with Crippen LogP contribution in [0.15, 0.2) is 66.0 Å². The molecule has 2 heterocycles. The summed E-state index contributed by atoms with van der Waals surface area (Å²) < 4.78 is 0. The van der Waals surface area contributed by atoms with Crippen LogP contribution in [0.1, 0.15) is 17.5 Å². The van der Waals surface area contributed by atoms with Crippen LogP contribution >= 0.6 is 0 Å². The van der Waals surface area contributed by atoms with Crippen molar-refractivity contribution in [1.82, 2.24) is 15.7 Å². The standard InChI is InChI=1S/C24H26N6O/c25-24(19-4-6-20(7-5-19)30-12-10-26-11-13-30)14-22(24)23(31)29-28-16-18-3-1-2-17-15-27-9-8-21(17)18/h1-9,15-16,22,26H,10-14,25H2,(H,29,31)/b28-16+. The smallest absolute Gasteiger partial charge is 0.245 e. The molecule has 7 heteroatoms. The molecule has 158 valence electrons. The van der Waals surface area contributed by atoms with Crippen LogP contribution in [0.3, 0.4) is 0 Å². The van der Waals surface area contributed by atoms with Gasteiger partial charge in [0, 0.05) is 55.2 Å². The number of amides is 1. The van der Waals surface area contributed by atoms with Gasteiger partial charge in [0.25, 0.3) is 0 Å². The Hall–Kier alpha value is -3.29. The maximum Gasteiger partial charge on any atom is 0.245 e. The highest BCUT2D eigenvalue weighted by Crippen LogP contribution is 2.49. The van der Waals surface area contributed by atoms with E-state index in [4.69, 9.17) is 5.73 Å². The summed E-state index contributed by atoms with van der Waals surface area (Å²) in [5, 5.41) is 9.61. The van der Waals surface area contributed by atoms with E-state index in [9.17, 15) is 4.79 Å². The van der Waals surface area contributed by atoms with Crippen LogP contribution in [0, 0.1) is 5.92 Å². The number of carbonyl (C=O) groups is 1. The highest BCUT2D eigenvalue weighted by Gasteiger charge is 2.56. The quantitative estimate of drug-likeness (QED) is 0.438. The number of benzene rings is 2. The van der Waals surface area contributed by atoms with Crippen molar-refractivity contribution in [2.75, 3.05) is 31.1 Å². The minimum Gasteiger partial charge on any atom is -0.369 e. The Balaban J connectivity index is 1.22. The van der Waals surface area contributed by atoms with Crippen LogP contribution in [0.5, 0.6) is 0 Å². The van der Waals surface area contributed by atoms with E-state index >= 15 is 0 Å². The highest BCUT2D eigenvalue weighted by molar-refractivity contribution is 5.99. The van der Waals surface area contributed by atoms with Gasteiger partial charge in [0.05, 0.1) is 17.7 Å². The molecule has 2 aromatic carbocycles. The minimum atomic E-state index is -0.618. The van der Waals surface area contributed by atoms with Gasteiger partial charge in [0.2, 0.25) is 5.91 Å². The lowest BCUT2D eigenvalue weighted by Gasteiger charge is -2.29. The molecule has 1 saturated heterocycles. The molecular weight excluding hydrogens is 388 g/mol. The molecule has 1 aliphatic carbocycles. The van der Waals surface area contributed by atoms with Crippen LogP contribution < -0.4 is 21.4 Å². The normalized spacial score (nSPS) is 23.3. The molecule has 0 radical (unpaired) electrons. The Kier molecular flexibility index (Phi) is 5.13. The fourth-order valence-corrected chi connectivity index (χ4v) is 4.33. The van der Waals surface area contributed by atoms with Crippen molar-refractivity contribution in [2.45, 2.75) is 12.0 Å². The summed E-state index contributed by atoms with van der Waals surface area (Å²) >= 11 is 0. The second-order valence-corrected chi connectivity index (χ2v) is 8.26. The average Bonchev–Trinajstić information content (AvgIpc) is 3.53. The fraction of sp³-hybridized carbons (Fsp3) is 0.292. The van der Waals surface area contributed by atoms with Gasteiger partial charge in [-0.1, -0.05) is 30.3 Å². The molecule has 1 amide bonds. The predicted octanol–water partition coefficient (Wildman–Crippen LogP) is 1.97. The SMILES string of the molecule is NC1(c2ccc(N3CCNCC3)cc2)CC1C(=O)N/N=C/c1cccc2cnccc12. The molecule has 2 atom stereocenters. The highest BCUT2D eigenvalue weighted by atomic mass is 16.2. The molecule has 4 N–H and O–H groups in total. The number of nitrogens with zero attached hydrogens (tertiary/aromatic N) is 3. The number of aromatic nitrogens is 1. The van der Waals surface area contributed by atoms with E-state index in [0.29, 0.717) is 6.42 Å². The zero-order chi connectivity index (χ0) is 21.3. The lowest BCUT2D eigenvalue weighted by Crippen LogP contribution is -2.43. The van der Waals surface area contributed by atoms with Crippen LogP contribution in [-0.2, 0) is 10.3 Å². The first kappa shape index (κ1) is 19.7. The number of hydrogen-bond acceptors (Lipinski definition) is 6. The van der Waals surface area contributed by atoms with Crippen molar-refractivity contribution in [1.29, 1.82) is 0 Å². The Morgan fingerprint density at radius 3 is 2.81 bits per heavy atom. The van der Waals surface area contributed by atoms with Crippen LogP contribution in [-0.4, -0.2) is 43.3 Å². The van der Waals surface area contributed by atoms with Gasteiger partial charge in [0.1, 0.15) is 0 Å². The summed E-state index contributed by atoms with van der Waals surface area (Å²) in [6, 6.07) is 16.2. The van der Waals surface area contributed by atoms with Crippen molar-refractivity contribution in [3.8, 4) is 0 Å². The fourth-order valence-electron chi connectivity index (χ4n) is 4.33. The lowest BCUT2D eigenvalue weighted by atomic mass is 10.0. The zero-order valence-electron chi connectivity index (χ0n) is 17.3. The minimum absolute atomic E-state index is 0.146. The van der Waals surface area contributed by atoms with E-state index in [2.05, 4.69) is 50.0 Å². The second-order valence-electron chi connectivity index (χ2n) is 8.26. The zero-order valence-corrected chi connectivity index (χ0v) is 17.3. The van der Waals surface area contributed by atoms with Gasteiger partial charge in [-0.25, -0.2) is 5.43 Å². The van der Waals surface area contributed by atoms with Crippen LogP contribution in [0.4, 0.5) is 5.69 Å². The maximum absolute atomic E-state index is 12.6. The summed E-state index contributed by atoms with van der Waals surface area (Å²) in [7, 11) is 0. The van der Waals surface area contributed by atoms with E-state index < -0.39 is 5.54 Å². The molecule has 0 spiro atoms. The number of rotatable bonds is 5.